The molecule has 0 atom stereocenters. The molecule has 0 aliphatic carbocycles. The highest BCUT2D eigenvalue weighted by Gasteiger charge is 2.15. The molecule has 0 amide bonds. The largest absolute Gasteiger partial charge is 0.478 e. The molecule has 0 unspecified atom stereocenters. The Morgan fingerprint density at radius 3 is 2.81 bits per heavy atom. The van der Waals surface area contributed by atoms with Crippen LogP contribution in [0.2, 0.25) is 0 Å². The number of aromatic carboxylic acids is 1. The number of alkyl halides is 2. The molecule has 0 fully saturated rings. The molecule has 4 nitrogen and oxygen atoms in total. The minimum Gasteiger partial charge on any atom is -0.478 e. The number of carbonyl (C=O) groups is 1. The van der Waals surface area contributed by atoms with Crippen LogP contribution in [0, 0.1) is 0 Å². The van der Waals surface area contributed by atoms with Gasteiger partial charge in [0.2, 0.25) is 0 Å². The third-order valence-electron chi connectivity index (χ3n) is 1.98. The SMILES string of the molecule is O=C(O)c1cc(OC(F)F)c2occc2c1. The van der Waals surface area contributed by atoms with E-state index in [1.807, 2.05) is 0 Å². The number of fused-ring (bicyclic) bond motifs is 1. The maximum atomic E-state index is 12.1. The number of carboxylic acid groups (broad SMARTS) is 1. The molecule has 0 saturated heterocycles. The topological polar surface area (TPSA) is 59.7 Å². The Labute approximate surface area is 88.0 Å². The van der Waals surface area contributed by atoms with Gasteiger partial charge in [-0.1, -0.05) is 0 Å². The van der Waals surface area contributed by atoms with Gasteiger partial charge in [0.1, 0.15) is 0 Å². The van der Waals surface area contributed by atoms with E-state index in [0.29, 0.717) is 5.39 Å². The average molecular weight is 228 g/mol. The summed E-state index contributed by atoms with van der Waals surface area (Å²) in [6, 6.07) is 3.79. The first-order valence-corrected chi connectivity index (χ1v) is 4.27. The Morgan fingerprint density at radius 2 is 2.19 bits per heavy atom. The quantitative estimate of drug-likeness (QED) is 0.877. The van der Waals surface area contributed by atoms with Crippen LogP contribution in [0.25, 0.3) is 11.0 Å². The predicted octanol–water partition coefficient (Wildman–Crippen LogP) is 2.73. The van der Waals surface area contributed by atoms with Crippen LogP contribution >= 0.6 is 0 Å². The molecular formula is C10H6F2O4. The fraction of sp³-hybridized carbons (Fsp3) is 0.100. The molecule has 1 aromatic heterocycles. The summed E-state index contributed by atoms with van der Waals surface area (Å²) < 4.78 is 33.3. The minimum absolute atomic E-state index is 0.102. The van der Waals surface area contributed by atoms with Crippen molar-refractivity contribution in [2.75, 3.05) is 0 Å². The van der Waals surface area contributed by atoms with Crippen LogP contribution in [-0.2, 0) is 0 Å². The molecule has 16 heavy (non-hydrogen) atoms. The lowest BCUT2D eigenvalue weighted by Crippen LogP contribution is -2.04. The summed E-state index contributed by atoms with van der Waals surface area (Å²) in [5.41, 5.74) is -0.0325. The van der Waals surface area contributed by atoms with Crippen molar-refractivity contribution < 1.29 is 27.8 Å². The van der Waals surface area contributed by atoms with Crippen molar-refractivity contribution in [1.29, 1.82) is 0 Å². The van der Waals surface area contributed by atoms with E-state index < -0.39 is 12.6 Å². The molecule has 84 valence electrons. The van der Waals surface area contributed by atoms with Crippen LogP contribution in [0.15, 0.2) is 28.9 Å². The first-order chi connectivity index (χ1) is 7.58. The maximum Gasteiger partial charge on any atom is 0.387 e. The van der Waals surface area contributed by atoms with Gasteiger partial charge in [-0.3, -0.25) is 0 Å². The molecule has 2 rings (SSSR count). The Kier molecular flexibility index (Phi) is 2.47. The van der Waals surface area contributed by atoms with E-state index in [-0.39, 0.29) is 16.9 Å². The third kappa shape index (κ3) is 1.81. The van der Waals surface area contributed by atoms with E-state index in [4.69, 9.17) is 9.52 Å². The third-order valence-corrected chi connectivity index (χ3v) is 1.98. The van der Waals surface area contributed by atoms with E-state index in [1.54, 1.807) is 0 Å². The Bertz CT molecular complexity index is 533. The van der Waals surface area contributed by atoms with Crippen molar-refractivity contribution >= 4 is 16.9 Å². The summed E-state index contributed by atoms with van der Waals surface area (Å²) in [4.78, 5) is 10.7. The number of rotatable bonds is 3. The van der Waals surface area contributed by atoms with Crippen molar-refractivity contribution in [1.82, 2.24) is 0 Å². The lowest BCUT2D eigenvalue weighted by molar-refractivity contribution is -0.0494. The number of furan rings is 1. The fourth-order valence-corrected chi connectivity index (χ4v) is 1.36. The minimum atomic E-state index is -3.03. The highest BCUT2D eigenvalue weighted by Crippen LogP contribution is 2.29. The standard InChI is InChI=1S/C10H6F2O4/c11-10(12)16-7-4-6(9(13)14)3-5-1-2-15-8(5)7/h1-4,10H,(H,13,14). The monoisotopic (exact) mass is 228 g/mol. The zero-order valence-electron chi connectivity index (χ0n) is 7.81. The second-order valence-electron chi connectivity index (χ2n) is 3.00. The van der Waals surface area contributed by atoms with Gasteiger partial charge in [0, 0.05) is 5.39 Å². The van der Waals surface area contributed by atoms with Crippen LogP contribution < -0.4 is 4.74 Å². The lowest BCUT2D eigenvalue weighted by Gasteiger charge is -2.05. The predicted molar refractivity (Wildman–Crippen MR) is 49.8 cm³/mol. The summed E-state index contributed by atoms with van der Waals surface area (Å²) in [5.74, 6) is -1.50. The zero-order valence-corrected chi connectivity index (χ0v) is 7.81. The molecule has 0 aliphatic heterocycles. The van der Waals surface area contributed by atoms with Crippen molar-refractivity contribution in [2.45, 2.75) is 6.61 Å². The van der Waals surface area contributed by atoms with Gasteiger partial charge in [-0.05, 0) is 18.2 Å². The fourth-order valence-electron chi connectivity index (χ4n) is 1.36. The first kappa shape index (κ1) is 10.4. The van der Waals surface area contributed by atoms with Crippen LogP contribution in [0.4, 0.5) is 8.78 Å². The number of hydrogen-bond acceptors (Lipinski definition) is 3. The Balaban J connectivity index is 2.59. The van der Waals surface area contributed by atoms with Crippen LogP contribution in [0.5, 0.6) is 5.75 Å². The highest BCUT2D eigenvalue weighted by molar-refractivity contribution is 5.95. The Morgan fingerprint density at radius 1 is 1.44 bits per heavy atom. The number of carboxylic acids is 1. The van der Waals surface area contributed by atoms with Crippen molar-refractivity contribution in [3.8, 4) is 5.75 Å². The molecule has 6 heteroatoms. The van der Waals surface area contributed by atoms with Crippen LogP contribution in [0.3, 0.4) is 0 Å². The van der Waals surface area contributed by atoms with Crippen molar-refractivity contribution in [3.63, 3.8) is 0 Å². The Hall–Kier alpha value is -2.11. The summed E-state index contributed by atoms with van der Waals surface area (Å²) >= 11 is 0. The van der Waals surface area contributed by atoms with E-state index in [9.17, 15) is 13.6 Å². The average Bonchev–Trinajstić information content (AvgIpc) is 2.64. The molecule has 1 N–H and O–H groups in total. The highest BCUT2D eigenvalue weighted by atomic mass is 19.3. The van der Waals surface area contributed by atoms with Gasteiger partial charge < -0.3 is 14.3 Å². The molecule has 1 aromatic carbocycles. The van der Waals surface area contributed by atoms with E-state index >= 15 is 0 Å². The number of benzene rings is 1. The maximum absolute atomic E-state index is 12.1. The smallest absolute Gasteiger partial charge is 0.387 e. The van der Waals surface area contributed by atoms with Gasteiger partial charge >= 0.3 is 12.6 Å². The van der Waals surface area contributed by atoms with Gasteiger partial charge in [-0.2, -0.15) is 8.78 Å². The second kappa shape index (κ2) is 3.80. The molecule has 0 spiro atoms. The van der Waals surface area contributed by atoms with Gasteiger partial charge in [0.25, 0.3) is 0 Å². The van der Waals surface area contributed by atoms with Gasteiger partial charge in [0.05, 0.1) is 11.8 Å². The van der Waals surface area contributed by atoms with E-state index in [0.717, 1.165) is 6.07 Å². The number of halogens is 2. The first-order valence-electron chi connectivity index (χ1n) is 4.27. The molecule has 0 saturated carbocycles. The zero-order chi connectivity index (χ0) is 11.7. The molecule has 0 bridgehead atoms. The summed E-state index contributed by atoms with van der Waals surface area (Å²) in [7, 11) is 0. The normalized spacial score (nSPS) is 10.9. The molecule has 1 heterocycles. The van der Waals surface area contributed by atoms with Crippen molar-refractivity contribution in [2.24, 2.45) is 0 Å². The molecule has 0 aliphatic rings. The van der Waals surface area contributed by atoms with Crippen molar-refractivity contribution in [3.05, 3.63) is 30.0 Å². The van der Waals surface area contributed by atoms with Gasteiger partial charge in [-0.25, -0.2) is 4.79 Å². The molecule has 0 radical (unpaired) electrons. The van der Waals surface area contributed by atoms with Gasteiger partial charge in [0.15, 0.2) is 11.3 Å². The summed E-state index contributed by atoms with van der Waals surface area (Å²) in [6.45, 7) is -3.03. The second-order valence-corrected chi connectivity index (χ2v) is 3.00. The molecule has 2 aromatic rings. The summed E-state index contributed by atoms with van der Waals surface area (Å²) in [5, 5.41) is 9.17. The number of ether oxygens (including phenoxy) is 1. The molecular weight excluding hydrogens is 222 g/mol. The van der Waals surface area contributed by atoms with Gasteiger partial charge in [-0.15, -0.1) is 0 Å². The lowest BCUT2D eigenvalue weighted by atomic mass is 10.1. The number of hydrogen-bond donors (Lipinski definition) is 1. The van der Waals surface area contributed by atoms with E-state index in [2.05, 4.69) is 4.74 Å². The van der Waals surface area contributed by atoms with Crippen LogP contribution in [-0.4, -0.2) is 17.7 Å². The van der Waals surface area contributed by atoms with E-state index in [1.165, 1.54) is 18.4 Å². The van der Waals surface area contributed by atoms with Crippen LogP contribution in [0.1, 0.15) is 10.4 Å². The summed E-state index contributed by atoms with van der Waals surface area (Å²) in [6.07, 6.45) is 1.27.